The molecule has 37 heavy (non-hydrogen) atoms. The number of thiophene rings is 1. The SMILES string of the molecule is CC(Oc1cc(-n2cnc3ccc(CS(=O)(=O)CCO)cc32)sc1C(N)=O)c1ccccc1C(F)(F)F. The molecule has 1 unspecified atom stereocenters. The first kappa shape index (κ1) is 26.6. The Labute approximate surface area is 214 Å². The van der Waals surface area contributed by atoms with Crippen LogP contribution in [0.5, 0.6) is 5.75 Å². The fourth-order valence-corrected chi connectivity index (χ4v) is 5.92. The summed E-state index contributed by atoms with van der Waals surface area (Å²) >= 11 is 0.964. The van der Waals surface area contributed by atoms with Gasteiger partial charge in [-0.1, -0.05) is 24.3 Å². The van der Waals surface area contributed by atoms with Crippen LogP contribution in [0.15, 0.2) is 54.9 Å². The van der Waals surface area contributed by atoms with Gasteiger partial charge >= 0.3 is 6.18 Å². The molecule has 0 saturated carbocycles. The normalized spacial score (nSPS) is 13.1. The van der Waals surface area contributed by atoms with Crippen molar-refractivity contribution >= 4 is 38.1 Å². The van der Waals surface area contributed by atoms with E-state index in [0.29, 0.717) is 21.6 Å². The van der Waals surface area contributed by atoms with E-state index >= 15 is 0 Å². The minimum absolute atomic E-state index is 0.00914. The zero-order valence-corrected chi connectivity index (χ0v) is 21.0. The molecule has 3 N–H and O–H groups in total. The van der Waals surface area contributed by atoms with E-state index in [1.807, 2.05) is 0 Å². The maximum absolute atomic E-state index is 13.5. The summed E-state index contributed by atoms with van der Waals surface area (Å²) < 4.78 is 72.1. The maximum Gasteiger partial charge on any atom is 0.416 e. The Morgan fingerprint density at radius 1 is 1.22 bits per heavy atom. The van der Waals surface area contributed by atoms with Gasteiger partial charge in [-0.05, 0) is 30.7 Å². The number of aliphatic hydroxyl groups excluding tert-OH is 1. The first-order valence-corrected chi connectivity index (χ1v) is 13.6. The standard InChI is InChI=1S/C24H22F3N3O5S2/c1-14(16-4-2-3-5-17(16)24(25,26)27)35-20-11-21(36-22(20)23(28)32)30-13-29-18-7-6-15(10-19(18)30)12-37(33,34)9-8-31/h2-7,10-11,13-14,31H,8-9,12H2,1H3,(H2,28,32). The highest BCUT2D eigenvalue weighted by molar-refractivity contribution is 7.90. The zero-order chi connectivity index (χ0) is 27.0. The number of benzene rings is 2. The summed E-state index contributed by atoms with van der Waals surface area (Å²) in [6.07, 6.45) is -4.17. The Bertz CT molecular complexity index is 1560. The average Bonchev–Trinajstić information content (AvgIpc) is 3.42. The van der Waals surface area contributed by atoms with E-state index in [0.717, 1.165) is 17.4 Å². The molecule has 2 heterocycles. The molecule has 0 spiro atoms. The second kappa shape index (κ2) is 10.1. The topological polar surface area (TPSA) is 125 Å². The van der Waals surface area contributed by atoms with E-state index in [9.17, 15) is 26.4 Å². The number of ether oxygens (including phenoxy) is 1. The van der Waals surface area contributed by atoms with Gasteiger partial charge in [-0.15, -0.1) is 11.3 Å². The molecule has 0 bridgehead atoms. The number of carbonyl (C=O) groups is 1. The summed E-state index contributed by atoms with van der Waals surface area (Å²) in [6, 6.07) is 11.4. The maximum atomic E-state index is 13.5. The number of amides is 1. The van der Waals surface area contributed by atoms with Gasteiger partial charge in [-0.25, -0.2) is 13.4 Å². The van der Waals surface area contributed by atoms with Crippen LogP contribution in [0.1, 0.15) is 39.4 Å². The van der Waals surface area contributed by atoms with Crippen molar-refractivity contribution < 1.29 is 36.2 Å². The number of alkyl halides is 3. The van der Waals surface area contributed by atoms with Gasteiger partial charge in [-0.3, -0.25) is 9.36 Å². The first-order valence-electron chi connectivity index (χ1n) is 10.9. The molecule has 4 rings (SSSR count). The van der Waals surface area contributed by atoms with Crippen molar-refractivity contribution in [1.82, 2.24) is 9.55 Å². The van der Waals surface area contributed by atoms with Crippen molar-refractivity contribution in [3.8, 4) is 10.8 Å². The third-order valence-electron chi connectivity index (χ3n) is 5.55. The molecular weight excluding hydrogens is 531 g/mol. The van der Waals surface area contributed by atoms with Crippen LogP contribution in [0, 0.1) is 0 Å². The number of hydrogen-bond acceptors (Lipinski definition) is 7. The summed E-state index contributed by atoms with van der Waals surface area (Å²) in [4.78, 5) is 16.5. The van der Waals surface area contributed by atoms with Crippen molar-refractivity contribution in [2.45, 2.75) is 25.0 Å². The van der Waals surface area contributed by atoms with Crippen LogP contribution in [-0.2, 0) is 21.8 Å². The lowest BCUT2D eigenvalue weighted by Crippen LogP contribution is -2.15. The quantitative estimate of drug-likeness (QED) is 0.319. The van der Waals surface area contributed by atoms with Gasteiger partial charge in [-0.2, -0.15) is 13.2 Å². The van der Waals surface area contributed by atoms with Crippen LogP contribution in [0.3, 0.4) is 0 Å². The number of aromatic nitrogens is 2. The minimum Gasteiger partial charge on any atom is -0.484 e. The average molecular weight is 554 g/mol. The van der Waals surface area contributed by atoms with E-state index in [4.69, 9.17) is 15.6 Å². The largest absolute Gasteiger partial charge is 0.484 e. The Balaban J connectivity index is 1.71. The van der Waals surface area contributed by atoms with Crippen LogP contribution in [0.2, 0.25) is 0 Å². The number of rotatable bonds is 9. The van der Waals surface area contributed by atoms with E-state index in [1.165, 1.54) is 37.5 Å². The van der Waals surface area contributed by atoms with Crippen molar-refractivity contribution in [3.05, 3.63) is 76.4 Å². The van der Waals surface area contributed by atoms with Gasteiger partial charge in [0.25, 0.3) is 5.91 Å². The van der Waals surface area contributed by atoms with Crippen LogP contribution in [-0.4, -0.2) is 41.3 Å². The molecule has 4 aromatic rings. The number of primary amides is 1. The summed E-state index contributed by atoms with van der Waals surface area (Å²) in [6.45, 7) is 0.959. The van der Waals surface area contributed by atoms with E-state index in [1.54, 1.807) is 22.8 Å². The van der Waals surface area contributed by atoms with Gasteiger partial charge in [0.05, 0.1) is 34.7 Å². The van der Waals surface area contributed by atoms with Gasteiger partial charge in [0.15, 0.2) is 9.84 Å². The van der Waals surface area contributed by atoms with Crippen LogP contribution in [0.4, 0.5) is 13.2 Å². The van der Waals surface area contributed by atoms with Gasteiger partial charge < -0.3 is 15.6 Å². The number of nitrogens with two attached hydrogens (primary N) is 1. The molecule has 2 aromatic heterocycles. The van der Waals surface area contributed by atoms with Crippen molar-refractivity contribution in [2.75, 3.05) is 12.4 Å². The number of hydrogen-bond donors (Lipinski definition) is 2. The lowest BCUT2D eigenvalue weighted by molar-refractivity contribution is -0.139. The fraction of sp³-hybridized carbons (Fsp3) is 0.250. The summed E-state index contributed by atoms with van der Waals surface area (Å²) in [5.74, 6) is -1.45. The Hall–Kier alpha value is -3.42. The fourth-order valence-electron chi connectivity index (χ4n) is 3.89. The highest BCUT2D eigenvalue weighted by atomic mass is 32.2. The lowest BCUT2D eigenvalue weighted by Gasteiger charge is -2.19. The predicted octanol–water partition coefficient (Wildman–Crippen LogP) is 4.25. The highest BCUT2D eigenvalue weighted by Gasteiger charge is 2.35. The molecule has 13 heteroatoms. The van der Waals surface area contributed by atoms with Crippen LogP contribution < -0.4 is 10.5 Å². The number of sulfone groups is 1. The first-order chi connectivity index (χ1) is 17.4. The van der Waals surface area contributed by atoms with Crippen molar-refractivity contribution in [2.24, 2.45) is 5.73 Å². The number of aliphatic hydroxyl groups is 1. The molecule has 0 aliphatic heterocycles. The third kappa shape index (κ3) is 5.78. The van der Waals surface area contributed by atoms with Gasteiger partial charge in [0.1, 0.15) is 28.1 Å². The van der Waals surface area contributed by atoms with Gasteiger partial charge in [0, 0.05) is 11.6 Å². The molecule has 8 nitrogen and oxygen atoms in total. The summed E-state index contributed by atoms with van der Waals surface area (Å²) in [5.41, 5.74) is 6.15. The molecule has 0 fully saturated rings. The number of fused-ring (bicyclic) bond motifs is 1. The molecule has 0 aliphatic carbocycles. The molecule has 0 aliphatic rings. The summed E-state index contributed by atoms with van der Waals surface area (Å²) in [7, 11) is -3.52. The van der Waals surface area contributed by atoms with Crippen molar-refractivity contribution in [1.29, 1.82) is 0 Å². The molecule has 2 aromatic carbocycles. The van der Waals surface area contributed by atoms with E-state index in [2.05, 4.69) is 4.98 Å². The van der Waals surface area contributed by atoms with Gasteiger partial charge in [0.2, 0.25) is 0 Å². The molecule has 0 radical (unpaired) electrons. The number of imidazole rings is 1. The Morgan fingerprint density at radius 3 is 2.62 bits per heavy atom. The second-order valence-corrected chi connectivity index (χ2v) is 11.5. The molecule has 0 saturated heterocycles. The van der Waals surface area contributed by atoms with E-state index in [-0.39, 0.29) is 27.7 Å². The van der Waals surface area contributed by atoms with Crippen LogP contribution >= 0.6 is 11.3 Å². The second-order valence-electron chi connectivity index (χ2n) is 8.24. The third-order valence-corrected chi connectivity index (χ3v) is 8.26. The molecular formula is C24H22F3N3O5S2. The number of carbonyl (C=O) groups excluding carboxylic acids is 1. The monoisotopic (exact) mass is 553 g/mol. The molecule has 1 amide bonds. The predicted molar refractivity (Wildman–Crippen MR) is 133 cm³/mol. The smallest absolute Gasteiger partial charge is 0.416 e. The Kier molecular flexibility index (Phi) is 7.31. The van der Waals surface area contributed by atoms with Crippen molar-refractivity contribution in [3.63, 3.8) is 0 Å². The number of nitrogens with zero attached hydrogens (tertiary/aromatic N) is 2. The minimum atomic E-state index is -4.58. The zero-order valence-electron chi connectivity index (χ0n) is 19.4. The Morgan fingerprint density at radius 2 is 1.95 bits per heavy atom. The highest BCUT2D eigenvalue weighted by Crippen LogP contribution is 2.39. The molecule has 196 valence electrons. The van der Waals surface area contributed by atoms with E-state index < -0.39 is 40.2 Å². The lowest BCUT2D eigenvalue weighted by atomic mass is 10.0. The molecule has 1 atom stereocenters. The summed E-state index contributed by atoms with van der Waals surface area (Å²) in [5, 5.41) is 9.42. The number of halogens is 3. The van der Waals surface area contributed by atoms with Crippen LogP contribution in [0.25, 0.3) is 16.0 Å².